The fourth-order valence-corrected chi connectivity index (χ4v) is 2.97. The number of nitrogens with zero attached hydrogens (tertiary/aromatic N) is 1. The number of rotatable bonds is 5. The first kappa shape index (κ1) is 14.6. The first-order chi connectivity index (χ1) is 7.83. The summed E-state index contributed by atoms with van der Waals surface area (Å²) in [6.45, 7) is 1.55. The number of aromatic nitrogens is 1. The zero-order valence-corrected chi connectivity index (χ0v) is 11.3. The molecule has 1 aromatic heterocycles. The predicted molar refractivity (Wildman–Crippen MR) is 64.4 cm³/mol. The van der Waals surface area contributed by atoms with Crippen LogP contribution in [0.2, 0.25) is 0 Å². The number of hydrogen-bond acceptors (Lipinski definition) is 3. The summed E-state index contributed by atoms with van der Waals surface area (Å²) in [6.07, 6.45) is 1.97. The van der Waals surface area contributed by atoms with Crippen molar-refractivity contribution < 1.29 is 12.8 Å². The van der Waals surface area contributed by atoms with Crippen molar-refractivity contribution in [1.29, 1.82) is 0 Å². The van der Waals surface area contributed by atoms with Crippen LogP contribution in [0.5, 0.6) is 0 Å². The van der Waals surface area contributed by atoms with E-state index in [1.807, 2.05) is 0 Å². The number of halogens is 3. The molecule has 1 aromatic rings. The van der Waals surface area contributed by atoms with Crippen LogP contribution in [-0.4, -0.2) is 30.7 Å². The minimum absolute atomic E-state index is 0.00151. The van der Waals surface area contributed by atoms with Gasteiger partial charge >= 0.3 is 0 Å². The standard InChI is InChI=1S/C9H11Cl2FN2O2S/c1-9(5-10,6-11)14-17(15,16)8-2-7(12)3-13-4-8/h2-4,14H,5-6H2,1H3. The van der Waals surface area contributed by atoms with Gasteiger partial charge in [-0.15, -0.1) is 23.2 Å². The lowest BCUT2D eigenvalue weighted by atomic mass is 10.1. The number of hydrogen-bond donors (Lipinski definition) is 1. The van der Waals surface area contributed by atoms with Gasteiger partial charge in [0.05, 0.1) is 11.7 Å². The third-order valence-corrected chi connectivity index (χ3v) is 4.75. The van der Waals surface area contributed by atoms with Gasteiger partial charge in [0.25, 0.3) is 0 Å². The van der Waals surface area contributed by atoms with E-state index < -0.39 is 21.4 Å². The summed E-state index contributed by atoms with van der Waals surface area (Å²) in [4.78, 5) is 3.21. The van der Waals surface area contributed by atoms with Gasteiger partial charge in [0.2, 0.25) is 10.0 Å². The Kier molecular flexibility index (Phi) is 4.71. The van der Waals surface area contributed by atoms with Gasteiger partial charge in [0.1, 0.15) is 10.7 Å². The predicted octanol–water partition coefficient (Wildman–Crippen LogP) is 1.74. The molecule has 96 valence electrons. The first-order valence-electron chi connectivity index (χ1n) is 4.59. The largest absolute Gasteiger partial charge is 0.260 e. The summed E-state index contributed by atoms with van der Waals surface area (Å²) in [7, 11) is -3.89. The minimum atomic E-state index is -3.89. The molecule has 0 unspecified atom stereocenters. The summed E-state index contributed by atoms with van der Waals surface area (Å²) in [5, 5.41) is 0. The third kappa shape index (κ3) is 3.77. The lowest BCUT2D eigenvalue weighted by molar-refractivity contribution is 0.499. The normalized spacial score (nSPS) is 12.7. The van der Waals surface area contributed by atoms with Gasteiger partial charge in [-0.25, -0.2) is 17.5 Å². The number of alkyl halides is 2. The Hall–Kier alpha value is -0.430. The molecule has 0 spiro atoms. The molecule has 0 saturated heterocycles. The second-order valence-corrected chi connectivity index (χ2v) is 5.99. The zero-order valence-electron chi connectivity index (χ0n) is 8.95. The molecule has 0 bridgehead atoms. The number of sulfonamides is 1. The van der Waals surface area contributed by atoms with Crippen LogP contribution >= 0.6 is 23.2 Å². The highest BCUT2D eigenvalue weighted by molar-refractivity contribution is 7.89. The summed E-state index contributed by atoms with van der Waals surface area (Å²) < 4.78 is 39.0. The lowest BCUT2D eigenvalue weighted by Crippen LogP contribution is -2.49. The molecule has 0 amide bonds. The van der Waals surface area contributed by atoms with Crippen molar-refractivity contribution in [3.63, 3.8) is 0 Å². The van der Waals surface area contributed by atoms with E-state index in [4.69, 9.17) is 23.2 Å². The molecule has 0 fully saturated rings. The molecule has 8 heteroatoms. The molecule has 1 N–H and O–H groups in total. The van der Waals surface area contributed by atoms with Gasteiger partial charge < -0.3 is 0 Å². The van der Waals surface area contributed by atoms with Gasteiger partial charge in [-0.1, -0.05) is 0 Å². The van der Waals surface area contributed by atoms with Crippen molar-refractivity contribution in [2.75, 3.05) is 11.8 Å². The van der Waals surface area contributed by atoms with Crippen LogP contribution < -0.4 is 4.72 Å². The Bertz CT molecular complexity index is 492. The van der Waals surface area contributed by atoms with Crippen molar-refractivity contribution in [1.82, 2.24) is 9.71 Å². The topological polar surface area (TPSA) is 59.1 Å². The van der Waals surface area contributed by atoms with E-state index in [9.17, 15) is 12.8 Å². The molecule has 0 radical (unpaired) electrons. The Morgan fingerprint density at radius 1 is 1.41 bits per heavy atom. The fourth-order valence-electron chi connectivity index (χ4n) is 1.01. The average molecular weight is 301 g/mol. The highest BCUT2D eigenvalue weighted by Crippen LogP contribution is 2.15. The monoisotopic (exact) mass is 300 g/mol. The van der Waals surface area contributed by atoms with Crippen LogP contribution in [0, 0.1) is 5.82 Å². The lowest BCUT2D eigenvalue weighted by Gasteiger charge is -2.25. The Balaban J connectivity index is 3.05. The van der Waals surface area contributed by atoms with E-state index in [2.05, 4.69) is 9.71 Å². The summed E-state index contributed by atoms with van der Waals surface area (Å²) in [6, 6.07) is 0.873. The maximum Gasteiger partial charge on any atom is 0.242 e. The molecule has 0 aromatic carbocycles. The number of nitrogens with one attached hydrogen (secondary N) is 1. The van der Waals surface area contributed by atoms with E-state index in [-0.39, 0.29) is 16.7 Å². The average Bonchev–Trinajstić information content (AvgIpc) is 2.28. The number of pyridine rings is 1. The van der Waals surface area contributed by atoms with Crippen LogP contribution in [0.15, 0.2) is 23.4 Å². The van der Waals surface area contributed by atoms with Crippen LogP contribution in [0.25, 0.3) is 0 Å². The van der Waals surface area contributed by atoms with Gasteiger partial charge in [0, 0.05) is 18.0 Å². The van der Waals surface area contributed by atoms with Crippen LogP contribution in [0.4, 0.5) is 4.39 Å². The van der Waals surface area contributed by atoms with Crippen LogP contribution in [0.1, 0.15) is 6.92 Å². The maximum absolute atomic E-state index is 12.9. The van der Waals surface area contributed by atoms with Crippen molar-refractivity contribution in [2.24, 2.45) is 0 Å². The molecular formula is C9H11Cl2FN2O2S. The maximum atomic E-state index is 12.9. The van der Waals surface area contributed by atoms with E-state index in [0.29, 0.717) is 0 Å². The van der Waals surface area contributed by atoms with Gasteiger partial charge in [-0.05, 0) is 13.0 Å². The van der Waals surface area contributed by atoms with Crippen molar-refractivity contribution >= 4 is 33.2 Å². The molecule has 0 aliphatic heterocycles. The fraction of sp³-hybridized carbons (Fsp3) is 0.444. The SMILES string of the molecule is CC(CCl)(CCl)NS(=O)(=O)c1cncc(F)c1. The van der Waals surface area contributed by atoms with Gasteiger partial charge in [-0.2, -0.15) is 0 Å². The molecule has 17 heavy (non-hydrogen) atoms. The Morgan fingerprint density at radius 2 is 2.00 bits per heavy atom. The second kappa shape index (κ2) is 5.48. The highest BCUT2D eigenvalue weighted by Gasteiger charge is 2.29. The Labute approximate surface area is 109 Å². The minimum Gasteiger partial charge on any atom is -0.260 e. The van der Waals surface area contributed by atoms with E-state index in [1.165, 1.54) is 0 Å². The summed E-state index contributed by atoms with van der Waals surface area (Å²) in [5.41, 5.74) is -0.992. The van der Waals surface area contributed by atoms with Crippen LogP contribution in [0.3, 0.4) is 0 Å². The van der Waals surface area contributed by atoms with E-state index in [0.717, 1.165) is 18.5 Å². The van der Waals surface area contributed by atoms with E-state index in [1.54, 1.807) is 6.92 Å². The quantitative estimate of drug-likeness (QED) is 0.843. The zero-order chi connectivity index (χ0) is 13.1. The third-order valence-electron chi connectivity index (χ3n) is 1.96. The van der Waals surface area contributed by atoms with Gasteiger partial charge in [0.15, 0.2) is 0 Å². The molecule has 0 atom stereocenters. The van der Waals surface area contributed by atoms with Crippen molar-refractivity contribution in [3.05, 3.63) is 24.3 Å². The molecule has 1 heterocycles. The van der Waals surface area contributed by atoms with Crippen molar-refractivity contribution in [2.45, 2.75) is 17.4 Å². The molecule has 1 rings (SSSR count). The molecule has 0 saturated carbocycles. The molecule has 0 aliphatic carbocycles. The van der Waals surface area contributed by atoms with E-state index >= 15 is 0 Å². The van der Waals surface area contributed by atoms with Crippen molar-refractivity contribution in [3.8, 4) is 0 Å². The summed E-state index contributed by atoms with van der Waals surface area (Å²) in [5.74, 6) is -0.733. The first-order valence-corrected chi connectivity index (χ1v) is 7.15. The van der Waals surface area contributed by atoms with Crippen LogP contribution in [-0.2, 0) is 10.0 Å². The smallest absolute Gasteiger partial charge is 0.242 e. The molecule has 4 nitrogen and oxygen atoms in total. The second-order valence-electron chi connectivity index (χ2n) is 3.77. The summed E-state index contributed by atoms with van der Waals surface area (Å²) >= 11 is 11.3. The molecular weight excluding hydrogens is 290 g/mol. The Morgan fingerprint density at radius 3 is 2.47 bits per heavy atom. The highest BCUT2D eigenvalue weighted by atomic mass is 35.5. The molecule has 0 aliphatic rings. The van der Waals surface area contributed by atoms with Gasteiger partial charge in [-0.3, -0.25) is 4.98 Å².